The van der Waals surface area contributed by atoms with Crippen LogP contribution in [0.3, 0.4) is 0 Å². The number of carbonyl (C=O) groups excluding carboxylic acids is 2. The number of pyridine rings is 1. The van der Waals surface area contributed by atoms with Gasteiger partial charge < -0.3 is 10.4 Å². The number of rotatable bonds is 7. The summed E-state index contributed by atoms with van der Waals surface area (Å²) in [6, 6.07) is 8.36. The standard InChI is InChI=1S/C16H15FN2O5/c17-8-13(20)11(7-16(23)24)18-14(21)9-19-12-4-2-1-3-10(12)5-6-15(19)22/h1-6,11H,7-9H2,(H,18,21)(H,23,24)/t11-/m0/s1. The van der Waals surface area contributed by atoms with Gasteiger partial charge >= 0.3 is 5.97 Å². The Hall–Kier alpha value is -3.03. The molecule has 0 spiro atoms. The predicted molar refractivity (Wildman–Crippen MR) is 83.4 cm³/mol. The van der Waals surface area contributed by atoms with Crippen LogP contribution in [0.4, 0.5) is 4.39 Å². The van der Waals surface area contributed by atoms with E-state index < -0.39 is 48.9 Å². The van der Waals surface area contributed by atoms with Crippen LogP contribution in [0.5, 0.6) is 0 Å². The third-order valence-corrected chi connectivity index (χ3v) is 3.44. The molecule has 0 radical (unpaired) electrons. The van der Waals surface area contributed by atoms with E-state index in [1.807, 2.05) is 0 Å². The summed E-state index contributed by atoms with van der Waals surface area (Å²) in [7, 11) is 0. The Bertz CT molecular complexity index is 846. The zero-order valence-corrected chi connectivity index (χ0v) is 12.6. The maximum Gasteiger partial charge on any atom is 0.305 e. The zero-order valence-electron chi connectivity index (χ0n) is 12.6. The van der Waals surface area contributed by atoms with Crippen molar-refractivity contribution in [2.24, 2.45) is 0 Å². The van der Waals surface area contributed by atoms with E-state index >= 15 is 0 Å². The van der Waals surface area contributed by atoms with E-state index in [-0.39, 0.29) is 0 Å². The van der Waals surface area contributed by atoms with Crippen molar-refractivity contribution in [3.8, 4) is 0 Å². The van der Waals surface area contributed by atoms with Gasteiger partial charge in [0.2, 0.25) is 5.91 Å². The number of hydrogen-bond donors (Lipinski definition) is 2. The summed E-state index contributed by atoms with van der Waals surface area (Å²) in [6.45, 7) is -1.79. The molecule has 8 heteroatoms. The third-order valence-electron chi connectivity index (χ3n) is 3.44. The minimum atomic E-state index is -1.47. The first kappa shape index (κ1) is 17.3. The SMILES string of the molecule is O=C(O)C[C@H](NC(=O)Cn1c(=O)ccc2ccccc21)C(=O)CF. The van der Waals surface area contributed by atoms with Crippen LogP contribution in [-0.4, -0.2) is 40.0 Å². The van der Waals surface area contributed by atoms with Crippen molar-refractivity contribution in [1.29, 1.82) is 0 Å². The Morgan fingerprint density at radius 2 is 1.88 bits per heavy atom. The number of carboxylic acids is 1. The van der Waals surface area contributed by atoms with Gasteiger partial charge in [-0.25, -0.2) is 4.39 Å². The molecular weight excluding hydrogens is 319 g/mol. The summed E-state index contributed by atoms with van der Waals surface area (Å²) in [5, 5.41) is 11.6. The van der Waals surface area contributed by atoms with Gasteiger partial charge in [-0.2, -0.15) is 0 Å². The summed E-state index contributed by atoms with van der Waals surface area (Å²) in [5.41, 5.74) is 0.0993. The number of ketones is 1. The molecule has 1 amide bonds. The first-order valence-corrected chi connectivity index (χ1v) is 7.11. The van der Waals surface area contributed by atoms with Gasteiger partial charge in [0.15, 0.2) is 5.78 Å². The van der Waals surface area contributed by atoms with E-state index in [0.717, 1.165) is 5.39 Å². The predicted octanol–water partition coefficient (Wildman–Crippen LogP) is 0.500. The molecule has 1 atom stereocenters. The van der Waals surface area contributed by atoms with Gasteiger partial charge in [-0.1, -0.05) is 18.2 Å². The van der Waals surface area contributed by atoms with Gasteiger partial charge in [0.25, 0.3) is 5.56 Å². The highest BCUT2D eigenvalue weighted by molar-refractivity contribution is 5.92. The van der Waals surface area contributed by atoms with Crippen LogP contribution in [0.15, 0.2) is 41.2 Å². The number of alkyl halides is 1. The number of benzene rings is 1. The van der Waals surface area contributed by atoms with Crippen molar-refractivity contribution in [2.45, 2.75) is 19.0 Å². The van der Waals surface area contributed by atoms with Crippen LogP contribution in [-0.2, 0) is 20.9 Å². The molecule has 1 aromatic carbocycles. The van der Waals surface area contributed by atoms with Gasteiger partial charge in [0.1, 0.15) is 19.3 Å². The number of amides is 1. The molecule has 0 fully saturated rings. The molecule has 0 aliphatic carbocycles. The Morgan fingerprint density at radius 1 is 1.17 bits per heavy atom. The Labute approximate surface area is 135 Å². The van der Waals surface area contributed by atoms with E-state index in [1.165, 1.54) is 10.6 Å². The molecule has 126 valence electrons. The van der Waals surface area contributed by atoms with Gasteiger partial charge in [-0.05, 0) is 17.5 Å². The molecule has 2 rings (SSSR count). The smallest absolute Gasteiger partial charge is 0.305 e. The number of nitrogens with one attached hydrogen (secondary N) is 1. The lowest BCUT2D eigenvalue weighted by molar-refractivity contribution is -0.140. The minimum absolute atomic E-state index is 0.407. The maximum absolute atomic E-state index is 12.5. The first-order valence-electron chi connectivity index (χ1n) is 7.11. The fourth-order valence-electron chi connectivity index (χ4n) is 2.30. The molecule has 0 saturated heterocycles. The molecular formula is C16H15FN2O5. The summed E-state index contributed by atoms with van der Waals surface area (Å²) < 4.78 is 13.7. The van der Waals surface area contributed by atoms with Gasteiger partial charge in [0.05, 0.1) is 11.9 Å². The zero-order chi connectivity index (χ0) is 17.7. The lowest BCUT2D eigenvalue weighted by Gasteiger charge is -2.15. The summed E-state index contributed by atoms with van der Waals surface area (Å²) in [4.78, 5) is 46.2. The summed E-state index contributed by atoms with van der Waals surface area (Å²) in [5.74, 6) is -3.12. The normalized spacial score (nSPS) is 11.9. The van der Waals surface area contributed by atoms with E-state index in [2.05, 4.69) is 5.32 Å². The van der Waals surface area contributed by atoms with Gasteiger partial charge in [-0.15, -0.1) is 0 Å². The maximum atomic E-state index is 12.5. The molecule has 1 heterocycles. The molecule has 24 heavy (non-hydrogen) atoms. The topological polar surface area (TPSA) is 105 Å². The van der Waals surface area contributed by atoms with Crippen molar-refractivity contribution < 1.29 is 23.9 Å². The number of aliphatic carboxylic acids is 1. The Kier molecular flexibility index (Phi) is 5.41. The van der Waals surface area contributed by atoms with Crippen LogP contribution in [0.2, 0.25) is 0 Å². The Morgan fingerprint density at radius 3 is 2.54 bits per heavy atom. The van der Waals surface area contributed by atoms with Crippen LogP contribution in [0, 0.1) is 0 Å². The van der Waals surface area contributed by atoms with E-state index in [4.69, 9.17) is 5.11 Å². The number of nitrogens with zero attached hydrogens (tertiary/aromatic N) is 1. The molecule has 2 aromatic rings. The average molecular weight is 334 g/mol. The minimum Gasteiger partial charge on any atom is -0.481 e. The third kappa shape index (κ3) is 4.03. The summed E-state index contributed by atoms with van der Waals surface area (Å²) >= 11 is 0. The highest BCUT2D eigenvalue weighted by Crippen LogP contribution is 2.10. The highest BCUT2D eigenvalue weighted by Gasteiger charge is 2.23. The van der Waals surface area contributed by atoms with E-state index in [9.17, 15) is 23.6 Å². The molecule has 0 aliphatic heterocycles. The quantitative estimate of drug-likeness (QED) is 0.767. The van der Waals surface area contributed by atoms with Crippen molar-refractivity contribution in [1.82, 2.24) is 9.88 Å². The molecule has 0 saturated carbocycles. The average Bonchev–Trinajstić information content (AvgIpc) is 2.55. The van der Waals surface area contributed by atoms with E-state index in [0.29, 0.717) is 5.52 Å². The lowest BCUT2D eigenvalue weighted by Crippen LogP contribution is -2.45. The molecule has 2 N–H and O–H groups in total. The van der Waals surface area contributed by atoms with E-state index in [1.54, 1.807) is 30.3 Å². The number of Topliss-reactive ketones (excluding diaryl/α,β-unsaturated/α-hetero) is 1. The number of carbonyl (C=O) groups is 3. The highest BCUT2D eigenvalue weighted by atomic mass is 19.1. The van der Waals surface area contributed by atoms with Crippen molar-refractivity contribution >= 4 is 28.6 Å². The van der Waals surface area contributed by atoms with Crippen LogP contribution in [0.25, 0.3) is 10.9 Å². The second-order valence-corrected chi connectivity index (χ2v) is 5.13. The number of halogens is 1. The fourth-order valence-corrected chi connectivity index (χ4v) is 2.30. The van der Waals surface area contributed by atoms with Crippen molar-refractivity contribution in [3.05, 3.63) is 46.8 Å². The number of para-hydroxylation sites is 1. The van der Waals surface area contributed by atoms with Gasteiger partial charge in [-0.3, -0.25) is 23.7 Å². The van der Waals surface area contributed by atoms with Crippen molar-refractivity contribution in [2.75, 3.05) is 6.67 Å². The monoisotopic (exact) mass is 334 g/mol. The largest absolute Gasteiger partial charge is 0.481 e. The van der Waals surface area contributed by atoms with Crippen molar-refractivity contribution in [3.63, 3.8) is 0 Å². The molecule has 0 aliphatic rings. The second kappa shape index (κ2) is 7.49. The lowest BCUT2D eigenvalue weighted by atomic mass is 10.1. The molecule has 7 nitrogen and oxygen atoms in total. The van der Waals surface area contributed by atoms with Gasteiger partial charge in [0, 0.05) is 6.07 Å². The number of aromatic nitrogens is 1. The second-order valence-electron chi connectivity index (χ2n) is 5.13. The fraction of sp³-hybridized carbons (Fsp3) is 0.250. The van der Waals surface area contributed by atoms with Crippen LogP contribution < -0.4 is 10.9 Å². The molecule has 1 aromatic heterocycles. The summed E-state index contributed by atoms with van der Waals surface area (Å²) in [6.07, 6.45) is -0.723. The first-order chi connectivity index (χ1) is 11.4. The number of hydrogen-bond acceptors (Lipinski definition) is 4. The number of carboxylic acid groups (broad SMARTS) is 1. The molecule has 0 unspecified atom stereocenters. The van der Waals surface area contributed by atoms with Crippen LogP contribution >= 0.6 is 0 Å². The molecule has 0 bridgehead atoms. The Balaban J connectivity index is 2.23. The number of fused-ring (bicyclic) bond motifs is 1. The van der Waals surface area contributed by atoms with Crippen LogP contribution in [0.1, 0.15) is 6.42 Å².